The van der Waals surface area contributed by atoms with Crippen molar-refractivity contribution in [2.24, 2.45) is 0 Å². The molecule has 0 saturated heterocycles. The van der Waals surface area contributed by atoms with Gasteiger partial charge in [0, 0.05) is 0 Å². The molecule has 0 aliphatic rings. The molecule has 0 aliphatic carbocycles. The molecule has 0 saturated carbocycles. The molecule has 0 bridgehead atoms. The molecule has 0 aromatic heterocycles. The van der Waals surface area contributed by atoms with Crippen LogP contribution in [0, 0.1) is 23.7 Å². The van der Waals surface area contributed by atoms with Crippen LogP contribution in [0.25, 0.3) is 0 Å². The summed E-state index contributed by atoms with van der Waals surface area (Å²) in [5, 5.41) is 18.6. The third-order valence-electron chi connectivity index (χ3n) is 0.454. The third kappa shape index (κ3) is 37.1. The molecule has 13 heavy (non-hydrogen) atoms. The van der Waals surface area contributed by atoms with E-state index in [1.54, 1.807) is 11.8 Å². The van der Waals surface area contributed by atoms with E-state index in [4.69, 9.17) is 0 Å². The molecule has 0 spiro atoms. The Labute approximate surface area is 86.8 Å². The van der Waals surface area contributed by atoms with Crippen LogP contribution in [0.3, 0.4) is 0 Å². The molecule has 0 aromatic rings. The summed E-state index contributed by atoms with van der Waals surface area (Å²) in [6.07, 6.45) is 0. The Morgan fingerprint density at radius 1 is 0.923 bits per heavy atom. The number of carboxylic acid groups (broad SMARTS) is 2. The quantitative estimate of drug-likeness (QED) is 0.340. The standard InChI is InChI=1S/2C4H4O2.Cu/c2*1-2-3-4(5)6;/h2*1H3,(H,5,6);/q;;+2/p-2. The van der Waals surface area contributed by atoms with Gasteiger partial charge in [0.2, 0.25) is 0 Å². The molecule has 0 unspecified atom stereocenters. The van der Waals surface area contributed by atoms with Crippen molar-refractivity contribution in [1.82, 2.24) is 0 Å². The second kappa shape index (κ2) is 13.2. The normalized spacial score (nSPS) is 5.08. The Morgan fingerprint density at radius 3 is 1.15 bits per heavy atom. The van der Waals surface area contributed by atoms with Gasteiger partial charge in [0.25, 0.3) is 0 Å². The van der Waals surface area contributed by atoms with E-state index in [0.29, 0.717) is 0 Å². The molecule has 73 valence electrons. The van der Waals surface area contributed by atoms with Crippen LogP contribution >= 0.6 is 0 Å². The summed E-state index contributed by atoms with van der Waals surface area (Å²) in [6, 6.07) is 0. The predicted octanol–water partition coefficient (Wildman–Crippen LogP) is -2.48. The van der Waals surface area contributed by atoms with Gasteiger partial charge in [-0.05, 0) is 13.8 Å². The van der Waals surface area contributed by atoms with Crippen LogP contribution in [0.2, 0.25) is 0 Å². The van der Waals surface area contributed by atoms with E-state index < -0.39 is 11.9 Å². The molecule has 4 nitrogen and oxygen atoms in total. The van der Waals surface area contributed by atoms with E-state index in [9.17, 15) is 19.8 Å². The van der Waals surface area contributed by atoms with Crippen molar-refractivity contribution in [2.75, 3.05) is 0 Å². The van der Waals surface area contributed by atoms with Gasteiger partial charge in [0.05, 0.1) is 0 Å². The summed E-state index contributed by atoms with van der Waals surface area (Å²) in [5.41, 5.74) is 0. The first kappa shape index (κ1) is 17.6. The number of carbonyl (C=O) groups is 2. The minimum absolute atomic E-state index is 0. The first-order valence-electron chi connectivity index (χ1n) is 2.82. The molecule has 0 aromatic carbocycles. The third-order valence-corrected chi connectivity index (χ3v) is 0.454. The van der Waals surface area contributed by atoms with Gasteiger partial charge in [0.15, 0.2) is 0 Å². The summed E-state index contributed by atoms with van der Waals surface area (Å²) < 4.78 is 0. The molecule has 0 heterocycles. The zero-order valence-corrected chi connectivity index (χ0v) is 7.88. The second-order valence-corrected chi connectivity index (χ2v) is 1.32. The molecular weight excluding hydrogens is 224 g/mol. The molecule has 0 atom stereocenters. The molecule has 0 aliphatic heterocycles. The van der Waals surface area contributed by atoms with Crippen LogP contribution in [-0.2, 0) is 26.7 Å². The van der Waals surface area contributed by atoms with Gasteiger partial charge < -0.3 is 19.8 Å². The van der Waals surface area contributed by atoms with Gasteiger partial charge in [-0.15, -0.1) is 11.8 Å². The maximum atomic E-state index is 9.31. The number of hydrogen-bond donors (Lipinski definition) is 0. The number of rotatable bonds is 0. The van der Waals surface area contributed by atoms with Gasteiger partial charge in [-0.25, -0.2) is 0 Å². The molecule has 1 radical (unpaired) electrons. The van der Waals surface area contributed by atoms with Crippen molar-refractivity contribution < 1.29 is 36.9 Å². The Bertz CT molecular complexity index is 244. The van der Waals surface area contributed by atoms with Gasteiger partial charge in [-0.3, -0.25) is 0 Å². The van der Waals surface area contributed by atoms with Crippen LogP contribution in [0.15, 0.2) is 0 Å². The smallest absolute Gasteiger partial charge is 0.537 e. The van der Waals surface area contributed by atoms with E-state index in [2.05, 4.69) is 11.8 Å². The fourth-order valence-electron chi connectivity index (χ4n) is 0.204. The first-order chi connectivity index (χ1) is 5.54. The molecule has 0 amide bonds. The summed E-state index contributed by atoms with van der Waals surface area (Å²) in [4.78, 5) is 18.6. The fraction of sp³-hybridized carbons (Fsp3) is 0.250. The minimum atomic E-state index is -1.32. The fourth-order valence-corrected chi connectivity index (χ4v) is 0.204. The van der Waals surface area contributed by atoms with Crippen molar-refractivity contribution in [2.45, 2.75) is 13.8 Å². The van der Waals surface area contributed by atoms with E-state index in [0.717, 1.165) is 0 Å². The largest absolute Gasteiger partial charge is 2.00 e. The zero-order valence-electron chi connectivity index (χ0n) is 6.93. The summed E-state index contributed by atoms with van der Waals surface area (Å²) in [5.74, 6) is 5.19. The zero-order chi connectivity index (χ0) is 9.98. The van der Waals surface area contributed by atoms with Gasteiger partial charge >= 0.3 is 17.1 Å². The molecule has 0 fully saturated rings. The van der Waals surface area contributed by atoms with Crippen LogP contribution in [-0.4, -0.2) is 11.9 Å². The number of aliphatic carboxylic acids is 2. The summed E-state index contributed by atoms with van der Waals surface area (Å²) >= 11 is 0. The summed E-state index contributed by atoms with van der Waals surface area (Å²) in [7, 11) is 0. The Morgan fingerprint density at radius 2 is 1.15 bits per heavy atom. The van der Waals surface area contributed by atoms with E-state index in [-0.39, 0.29) is 17.1 Å². The molecular formula is C8H6CuO4. The summed E-state index contributed by atoms with van der Waals surface area (Å²) in [6.45, 7) is 2.88. The monoisotopic (exact) mass is 229 g/mol. The maximum absolute atomic E-state index is 9.31. The van der Waals surface area contributed by atoms with Crippen LogP contribution in [0.4, 0.5) is 0 Å². The van der Waals surface area contributed by atoms with E-state index in [1.807, 2.05) is 0 Å². The molecule has 5 heteroatoms. The van der Waals surface area contributed by atoms with E-state index in [1.165, 1.54) is 13.8 Å². The van der Waals surface area contributed by atoms with Gasteiger partial charge in [-0.1, -0.05) is 11.8 Å². The Hall–Kier alpha value is -1.42. The first-order valence-corrected chi connectivity index (χ1v) is 2.82. The maximum Gasteiger partial charge on any atom is 2.00 e. The van der Waals surface area contributed by atoms with Gasteiger partial charge in [-0.2, -0.15) is 0 Å². The van der Waals surface area contributed by atoms with Crippen molar-refractivity contribution in [3.63, 3.8) is 0 Å². The number of carbonyl (C=O) groups excluding carboxylic acids is 2. The minimum Gasteiger partial charge on any atom is -0.537 e. The van der Waals surface area contributed by atoms with Gasteiger partial charge in [0.1, 0.15) is 11.9 Å². The Balaban J connectivity index is -0.000000143. The Kier molecular flexibility index (Phi) is 17.9. The SMILES string of the molecule is CC#CC(=O)[O-].CC#CC(=O)[O-].[Cu+2]. The average molecular weight is 230 g/mol. The van der Waals surface area contributed by atoms with Crippen molar-refractivity contribution >= 4 is 11.9 Å². The van der Waals surface area contributed by atoms with Crippen molar-refractivity contribution in [1.29, 1.82) is 0 Å². The predicted molar refractivity (Wildman–Crippen MR) is 36.9 cm³/mol. The molecule has 0 rings (SSSR count). The van der Waals surface area contributed by atoms with Crippen molar-refractivity contribution in [3.8, 4) is 23.7 Å². The molecule has 0 N–H and O–H groups in total. The van der Waals surface area contributed by atoms with Crippen LogP contribution < -0.4 is 10.2 Å². The van der Waals surface area contributed by atoms with Crippen molar-refractivity contribution in [3.05, 3.63) is 0 Å². The van der Waals surface area contributed by atoms with Crippen LogP contribution in [0.1, 0.15) is 13.8 Å². The topological polar surface area (TPSA) is 80.3 Å². The average Bonchev–Trinajstić information content (AvgIpc) is 1.87. The van der Waals surface area contributed by atoms with Crippen LogP contribution in [0.5, 0.6) is 0 Å². The number of hydrogen-bond acceptors (Lipinski definition) is 4. The number of carboxylic acids is 2. The van der Waals surface area contributed by atoms with E-state index >= 15 is 0 Å². The second-order valence-electron chi connectivity index (χ2n) is 1.32.